The van der Waals surface area contributed by atoms with E-state index in [1.165, 1.54) is 23.5 Å². The van der Waals surface area contributed by atoms with Crippen LogP contribution in [-0.2, 0) is 4.79 Å². The smallest absolute Gasteiger partial charge is 0.354 e. The number of hydrogen-bond donors (Lipinski definition) is 3. The lowest BCUT2D eigenvalue weighted by atomic mass is 10.1. The molecular weight excluding hydrogens is 396 g/mol. The SMILES string of the molecule is O=C(NNC(=O)c1ccc(C(=O)O)nc1)C1=CN(CC(=O)c2cccs2)C=CC1. The van der Waals surface area contributed by atoms with E-state index < -0.39 is 17.8 Å². The molecule has 148 valence electrons. The number of thiophene rings is 1. The summed E-state index contributed by atoms with van der Waals surface area (Å²) in [5.41, 5.74) is 4.81. The minimum absolute atomic E-state index is 0.0619. The average molecular weight is 412 g/mol. The largest absolute Gasteiger partial charge is 0.477 e. The van der Waals surface area contributed by atoms with Crippen LogP contribution in [0.4, 0.5) is 0 Å². The molecule has 0 atom stereocenters. The summed E-state index contributed by atoms with van der Waals surface area (Å²) in [6.45, 7) is 0.0990. The number of rotatable bonds is 6. The Morgan fingerprint density at radius 3 is 2.59 bits per heavy atom. The molecule has 2 aromatic rings. The molecule has 2 aromatic heterocycles. The number of amides is 2. The van der Waals surface area contributed by atoms with E-state index in [1.807, 2.05) is 5.38 Å². The lowest BCUT2D eigenvalue weighted by molar-refractivity contribution is -0.118. The number of hydrazine groups is 1. The van der Waals surface area contributed by atoms with Crippen LogP contribution in [0.25, 0.3) is 0 Å². The highest BCUT2D eigenvalue weighted by Gasteiger charge is 2.17. The van der Waals surface area contributed by atoms with Crippen molar-refractivity contribution >= 4 is 34.9 Å². The molecule has 0 aromatic carbocycles. The third kappa shape index (κ3) is 5.14. The Kier molecular flexibility index (Phi) is 6.15. The summed E-state index contributed by atoms with van der Waals surface area (Å²) in [6.07, 6.45) is 6.46. The van der Waals surface area contributed by atoms with Gasteiger partial charge in [-0.05, 0) is 30.0 Å². The van der Waals surface area contributed by atoms with E-state index in [9.17, 15) is 19.2 Å². The number of ketones is 1. The monoisotopic (exact) mass is 412 g/mol. The molecule has 0 radical (unpaired) electrons. The van der Waals surface area contributed by atoms with E-state index in [-0.39, 0.29) is 23.6 Å². The van der Waals surface area contributed by atoms with E-state index in [4.69, 9.17) is 5.11 Å². The summed E-state index contributed by atoms with van der Waals surface area (Å²) in [5.74, 6) is -2.43. The van der Waals surface area contributed by atoms with Crippen molar-refractivity contribution in [2.45, 2.75) is 6.42 Å². The van der Waals surface area contributed by atoms with Crippen LogP contribution in [0.15, 0.2) is 59.9 Å². The first kappa shape index (κ1) is 20.0. The number of pyridine rings is 1. The number of nitrogens with zero attached hydrogens (tertiary/aromatic N) is 2. The first-order valence-corrected chi connectivity index (χ1v) is 9.32. The van der Waals surface area contributed by atoms with Crippen LogP contribution < -0.4 is 10.9 Å². The first-order valence-electron chi connectivity index (χ1n) is 8.44. The van der Waals surface area contributed by atoms with Crippen molar-refractivity contribution < 1.29 is 24.3 Å². The summed E-state index contributed by atoms with van der Waals surface area (Å²) >= 11 is 1.35. The van der Waals surface area contributed by atoms with E-state index in [2.05, 4.69) is 15.8 Å². The number of carboxylic acids is 1. The molecule has 29 heavy (non-hydrogen) atoms. The topological polar surface area (TPSA) is 129 Å². The number of hydrogen-bond acceptors (Lipinski definition) is 7. The van der Waals surface area contributed by atoms with Gasteiger partial charge in [0.15, 0.2) is 5.78 Å². The standard InChI is InChI=1S/C19H16N4O5S/c24-15(16-4-2-8-29-16)11-23-7-1-3-13(10-23)18(26)22-21-17(25)12-5-6-14(19(27)28)20-9-12/h1-2,4-10H,3,11H2,(H,21,25)(H,22,26)(H,27,28). The normalized spacial score (nSPS) is 12.8. The van der Waals surface area contributed by atoms with Crippen molar-refractivity contribution in [1.82, 2.24) is 20.7 Å². The van der Waals surface area contributed by atoms with Gasteiger partial charge >= 0.3 is 5.97 Å². The van der Waals surface area contributed by atoms with Crippen molar-refractivity contribution in [3.8, 4) is 0 Å². The Bertz CT molecular complexity index is 996. The molecule has 3 rings (SSSR count). The number of carbonyl (C=O) groups is 4. The Hall–Kier alpha value is -3.79. The predicted molar refractivity (Wildman–Crippen MR) is 104 cm³/mol. The van der Waals surface area contributed by atoms with Gasteiger partial charge in [0.1, 0.15) is 5.69 Å². The van der Waals surface area contributed by atoms with E-state index in [0.29, 0.717) is 16.9 Å². The molecule has 0 saturated heterocycles. The zero-order chi connectivity index (χ0) is 20.8. The molecule has 2 amide bonds. The number of aromatic nitrogens is 1. The van der Waals surface area contributed by atoms with Crippen LogP contribution in [0, 0.1) is 0 Å². The molecule has 1 aliphatic heterocycles. The minimum atomic E-state index is -1.20. The molecule has 0 fully saturated rings. The van der Waals surface area contributed by atoms with E-state index >= 15 is 0 Å². The fourth-order valence-electron chi connectivity index (χ4n) is 2.46. The Balaban J connectivity index is 1.55. The second-order valence-corrected chi connectivity index (χ2v) is 6.91. The fraction of sp³-hybridized carbons (Fsp3) is 0.105. The summed E-state index contributed by atoms with van der Waals surface area (Å²) in [6, 6.07) is 6.02. The minimum Gasteiger partial charge on any atom is -0.477 e. The molecule has 3 N–H and O–H groups in total. The van der Waals surface area contributed by atoms with E-state index in [0.717, 1.165) is 6.20 Å². The highest BCUT2D eigenvalue weighted by Crippen LogP contribution is 2.15. The van der Waals surface area contributed by atoms with Crippen molar-refractivity contribution in [3.05, 3.63) is 76.0 Å². The van der Waals surface area contributed by atoms with Crippen LogP contribution in [-0.4, -0.2) is 45.1 Å². The molecular formula is C19H16N4O5S. The molecule has 0 saturated carbocycles. The second-order valence-electron chi connectivity index (χ2n) is 5.96. The zero-order valence-electron chi connectivity index (χ0n) is 15.0. The van der Waals surface area contributed by atoms with Gasteiger partial charge in [0.05, 0.1) is 17.0 Å². The summed E-state index contributed by atoms with van der Waals surface area (Å²) < 4.78 is 0. The zero-order valence-corrected chi connectivity index (χ0v) is 15.8. The van der Waals surface area contributed by atoms with Gasteiger partial charge in [0, 0.05) is 24.2 Å². The number of nitrogens with one attached hydrogen (secondary N) is 2. The highest BCUT2D eigenvalue weighted by molar-refractivity contribution is 7.12. The number of aromatic carboxylic acids is 1. The van der Waals surface area contributed by atoms with Gasteiger partial charge in [-0.25, -0.2) is 9.78 Å². The molecule has 3 heterocycles. The maximum atomic E-state index is 12.3. The van der Waals surface area contributed by atoms with Gasteiger partial charge in [0.2, 0.25) is 0 Å². The van der Waals surface area contributed by atoms with Crippen molar-refractivity contribution in [2.75, 3.05) is 6.54 Å². The Morgan fingerprint density at radius 1 is 1.14 bits per heavy atom. The number of carboxylic acid groups (broad SMARTS) is 1. The summed E-state index contributed by atoms with van der Waals surface area (Å²) in [7, 11) is 0. The number of carbonyl (C=O) groups excluding carboxylic acids is 3. The van der Waals surface area contributed by atoms with E-state index in [1.54, 1.807) is 35.5 Å². The first-order chi connectivity index (χ1) is 13.9. The van der Waals surface area contributed by atoms with Gasteiger partial charge < -0.3 is 10.0 Å². The third-order valence-electron chi connectivity index (χ3n) is 3.90. The molecule has 9 nitrogen and oxygen atoms in total. The van der Waals surface area contributed by atoms with Crippen molar-refractivity contribution in [1.29, 1.82) is 0 Å². The molecule has 10 heteroatoms. The summed E-state index contributed by atoms with van der Waals surface area (Å²) in [5, 5.41) is 10.6. The molecule has 0 unspecified atom stereocenters. The maximum Gasteiger partial charge on any atom is 0.354 e. The van der Waals surface area contributed by atoms with Gasteiger partial charge in [-0.2, -0.15) is 0 Å². The summed E-state index contributed by atoms with van der Waals surface area (Å²) in [4.78, 5) is 53.2. The fourth-order valence-corrected chi connectivity index (χ4v) is 3.12. The number of allylic oxidation sites excluding steroid dienone is 1. The van der Waals surface area contributed by atoms with Crippen LogP contribution in [0.1, 0.15) is 36.9 Å². The van der Waals surface area contributed by atoms with Crippen molar-refractivity contribution in [2.24, 2.45) is 0 Å². The third-order valence-corrected chi connectivity index (χ3v) is 4.82. The maximum absolute atomic E-state index is 12.3. The van der Waals surface area contributed by atoms with Crippen LogP contribution >= 0.6 is 11.3 Å². The van der Waals surface area contributed by atoms with Crippen LogP contribution in [0.3, 0.4) is 0 Å². The van der Waals surface area contributed by atoms with Gasteiger partial charge in [0.25, 0.3) is 11.8 Å². The average Bonchev–Trinajstić information content (AvgIpc) is 3.27. The number of Topliss-reactive ketones (excluding diaryl/α,β-unsaturated/α-hetero) is 1. The lowest BCUT2D eigenvalue weighted by Gasteiger charge is -2.20. The Morgan fingerprint density at radius 2 is 1.93 bits per heavy atom. The highest BCUT2D eigenvalue weighted by atomic mass is 32.1. The Labute approximate surface area is 169 Å². The van der Waals surface area contributed by atoms with Gasteiger partial charge in [-0.15, -0.1) is 11.3 Å². The van der Waals surface area contributed by atoms with Gasteiger partial charge in [-0.3, -0.25) is 25.2 Å². The molecule has 0 spiro atoms. The van der Waals surface area contributed by atoms with Crippen LogP contribution in [0.2, 0.25) is 0 Å². The quantitative estimate of drug-likeness (QED) is 0.485. The van der Waals surface area contributed by atoms with Gasteiger partial charge in [-0.1, -0.05) is 12.1 Å². The predicted octanol–water partition coefficient (Wildman–Crippen LogP) is 1.59. The van der Waals surface area contributed by atoms with Crippen molar-refractivity contribution in [3.63, 3.8) is 0 Å². The molecule has 1 aliphatic rings. The van der Waals surface area contributed by atoms with Crippen LogP contribution in [0.5, 0.6) is 0 Å². The molecule has 0 aliphatic carbocycles. The second kappa shape index (κ2) is 8.93. The lowest BCUT2D eigenvalue weighted by Crippen LogP contribution is -2.42. The molecule has 0 bridgehead atoms.